The second-order valence-corrected chi connectivity index (χ2v) is 8.32. The van der Waals surface area contributed by atoms with Gasteiger partial charge in [-0.2, -0.15) is 4.72 Å². The van der Waals surface area contributed by atoms with Crippen LogP contribution in [-0.4, -0.2) is 33.8 Å². The molecule has 8 nitrogen and oxygen atoms in total. The molecule has 0 radical (unpaired) electrons. The van der Waals surface area contributed by atoms with Crippen LogP contribution < -0.4 is 24.2 Å². The number of carbonyl (C=O) groups is 1. The third-order valence-electron chi connectivity index (χ3n) is 4.39. The van der Waals surface area contributed by atoms with Crippen LogP contribution in [0.2, 0.25) is 0 Å². The summed E-state index contributed by atoms with van der Waals surface area (Å²) in [5.74, 6) is 1.47. The van der Waals surface area contributed by atoms with Crippen LogP contribution in [0.4, 0.5) is 0 Å². The van der Waals surface area contributed by atoms with E-state index in [4.69, 9.17) is 14.2 Å². The minimum atomic E-state index is -3.85. The zero-order valence-electron chi connectivity index (χ0n) is 16.5. The van der Waals surface area contributed by atoms with Crippen LogP contribution in [0.1, 0.15) is 25.0 Å². The van der Waals surface area contributed by atoms with Crippen LogP contribution in [0.15, 0.2) is 41.3 Å². The summed E-state index contributed by atoms with van der Waals surface area (Å²) < 4.78 is 43.6. The van der Waals surface area contributed by atoms with E-state index in [0.29, 0.717) is 29.4 Å². The van der Waals surface area contributed by atoms with Crippen molar-refractivity contribution in [2.75, 3.05) is 13.4 Å². The lowest BCUT2D eigenvalue weighted by Crippen LogP contribution is -2.44. The van der Waals surface area contributed by atoms with Gasteiger partial charge in [-0.25, -0.2) is 8.42 Å². The van der Waals surface area contributed by atoms with Crippen molar-refractivity contribution < 1.29 is 27.4 Å². The van der Waals surface area contributed by atoms with Gasteiger partial charge in [0, 0.05) is 6.54 Å². The lowest BCUT2D eigenvalue weighted by molar-refractivity contribution is -0.122. The number of aryl methyl sites for hydroxylation is 1. The molecule has 1 heterocycles. The lowest BCUT2D eigenvalue weighted by atomic mass is 10.2. The summed E-state index contributed by atoms with van der Waals surface area (Å²) in [5.41, 5.74) is 1.52. The van der Waals surface area contributed by atoms with Gasteiger partial charge in [-0.15, -0.1) is 0 Å². The molecule has 0 aromatic heterocycles. The third kappa shape index (κ3) is 4.99. The first-order valence-electron chi connectivity index (χ1n) is 9.22. The number of fused-ring (bicyclic) bond motifs is 1. The van der Waals surface area contributed by atoms with Gasteiger partial charge in [0.05, 0.1) is 17.5 Å². The molecule has 0 spiro atoms. The summed E-state index contributed by atoms with van der Waals surface area (Å²) in [7, 11) is -3.85. The van der Waals surface area contributed by atoms with Crippen molar-refractivity contribution in [2.24, 2.45) is 0 Å². The Balaban J connectivity index is 1.60. The summed E-state index contributed by atoms with van der Waals surface area (Å²) in [6.07, 6.45) is 0. The number of amides is 1. The van der Waals surface area contributed by atoms with E-state index in [9.17, 15) is 13.2 Å². The van der Waals surface area contributed by atoms with Crippen LogP contribution in [0.3, 0.4) is 0 Å². The van der Waals surface area contributed by atoms with Gasteiger partial charge in [-0.3, -0.25) is 4.79 Å². The minimum absolute atomic E-state index is 0.0777. The Kier molecular flexibility index (Phi) is 6.29. The Bertz CT molecular complexity index is 1010. The van der Waals surface area contributed by atoms with Crippen LogP contribution >= 0.6 is 0 Å². The maximum absolute atomic E-state index is 12.6. The lowest BCUT2D eigenvalue weighted by Gasteiger charge is -2.15. The highest BCUT2D eigenvalue weighted by molar-refractivity contribution is 7.89. The van der Waals surface area contributed by atoms with Crippen LogP contribution in [0, 0.1) is 6.92 Å². The second-order valence-electron chi connectivity index (χ2n) is 6.61. The summed E-state index contributed by atoms with van der Waals surface area (Å²) in [6.45, 7) is 6.03. The monoisotopic (exact) mass is 420 g/mol. The van der Waals surface area contributed by atoms with Gasteiger partial charge in [0.15, 0.2) is 11.5 Å². The number of carbonyl (C=O) groups excluding carboxylic acids is 1. The first-order chi connectivity index (χ1) is 13.8. The highest BCUT2D eigenvalue weighted by Gasteiger charge is 2.23. The number of rotatable bonds is 8. The summed E-state index contributed by atoms with van der Waals surface area (Å²) in [4.78, 5) is 12.4. The molecule has 2 N–H and O–H groups in total. The molecule has 1 amide bonds. The number of nitrogens with one attached hydrogen (secondary N) is 2. The Labute approximate surface area is 170 Å². The van der Waals surface area contributed by atoms with Crippen LogP contribution in [-0.2, 0) is 21.4 Å². The quantitative estimate of drug-likeness (QED) is 0.678. The molecular weight excluding hydrogens is 396 g/mol. The number of ether oxygens (including phenoxy) is 3. The van der Waals surface area contributed by atoms with E-state index in [1.54, 1.807) is 25.1 Å². The van der Waals surface area contributed by atoms with Crippen LogP contribution in [0.25, 0.3) is 0 Å². The molecule has 0 aliphatic carbocycles. The van der Waals surface area contributed by atoms with E-state index >= 15 is 0 Å². The molecule has 156 valence electrons. The zero-order chi connectivity index (χ0) is 21.0. The number of hydrogen-bond acceptors (Lipinski definition) is 6. The van der Waals surface area contributed by atoms with E-state index in [2.05, 4.69) is 10.0 Å². The molecule has 2 aromatic carbocycles. The van der Waals surface area contributed by atoms with E-state index in [1.807, 2.05) is 13.0 Å². The van der Waals surface area contributed by atoms with Crippen molar-refractivity contribution in [2.45, 2.75) is 38.3 Å². The van der Waals surface area contributed by atoms with E-state index in [-0.39, 0.29) is 18.2 Å². The van der Waals surface area contributed by atoms with Gasteiger partial charge < -0.3 is 19.5 Å². The fraction of sp³-hybridized carbons (Fsp3) is 0.350. The molecule has 0 saturated heterocycles. The normalized spacial score (nSPS) is 13.8. The fourth-order valence-electron chi connectivity index (χ4n) is 2.85. The van der Waals surface area contributed by atoms with Crippen molar-refractivity contribution in [1.29, 1.82) is 0 Å². The SMILES string of the molecule is CCOc1ccc(S(=O)(=O)N[C@H](C)C(=O)NCc2ccc3c(c2)OCO3)cc1C. The fourth-order valence-corrected chi connectivity index (χ4v) is 4.14. The van der Waals surface area contributed by atoms with E-state index in [1.165, 1.54) is 19.1 Å². The van der Waals surface area contributed by atoms with Crippen molar-refractivity contribution in [3.63, 3.8) is 0 Å². The van der Waals surface area contributed by atoms with Crippen molar-refractivity contribution in [3.05, 3.63) is 47.5 Å². The number of benzene rings is 2. The van der Waals surface area contributed by atoms with Gasteiger partial charge in [-0.05, 0) is 62.2 Å². The maximum Gasteiger partial charge on any atom is 0.241 e. The Hall–Kier alpha value is -2.78. The van der Waals surface area contributed by atoms with E-state index < -0.39 is 22.0 Å². The summed E-state index contributed by atoms with van der Waals surface area (Å²) >= 11 is 0. The molecular formula is C20H24N2O6S. The molecule has 0 unspecified atom stereocenters. The molecule has 1 aliphatic rings. The highest BCUT2D eigenvalue weighted by atomic mass is 32.2. The van der Waals surface area contributed by atoms with Gasteiger partial charge >= 0.3 is 0 Å². The molecule has 2 aromatic rings. The number of sulfonamides is 1. The van der Waals surface area contributed by atoms with Crippen molar-refractivity contribution in [3.8, 4) is 17.2 Å². The Morgan fingerprint density at radius 3 is 2.66 bits per heavy atom. The van der Waals surface area contributed by atoms with Gasteiger partial charge in [-0.1, -0.05) is 6.07 Å². The Morgan fingerprint density at radius 1 is 1.17 bits per heavy atom. The molecule has 1 aliphatic heterocycles. The Morgan fingerprint density at radius 2 is 1.93 bits per heavy atom. The number of hydrogen-bond donors (Lipinski definition) is 2. The standard InChI is InChI=1S/C20H24N2O6S/c1-4-26-17-8-6-16(9-13(17)2)29(24,25)22-14(3)20(23)21-11-15-5-7-18-19(10-15)28-12-27-18/h5-10,14,22H,4,11-12H2,1-3H3,(H,21,23)/t14-/m1/s1. The predicted molar refractivity (Wildman–Crippen MR) is 107 cm³/mol. The second kappa shape index (κ2) is 8.71. The van der Waals surface area contributed by atoms with Gasteiger partial charge in [0.25, 0.3) is 0 Å². The molecule has 0 fully saturated rings. The molecule has 9 heteroatoms. The zero-order valence-corrected chi connectivity index (χ0v) is 17.3. The van der Waals surface area contributed by atoms with Crippen LogP contribution in [0.5, 0.6) is 17.2 Å². The average molecular weight is 420 g/mol. The largest absolute Gasteiger partial charge is 0.494 e. The third-order valence-corrected chi connectivity index (χ3v) is 5.92. The average Bonchev–Trinajstić information content (AvgIpc) is 3.15. The first kappa shape index (κ1) is 20.9. The molecule has 0 bridgehead atoms. The maximum atomic E-state index is 12.6. The smallest absolute Gasteiger partial charge is 0.241 e. The minimum Gasteiger partial charge on any atom is -0.494 e. The van der Waals surface area contributed by atoms with Crippen molar-refractivity contribution in [1.82, 2.24) is 10.0 Å². The van der Waals surface area contributed by atoms with Gasteiger partial charge in [0.2, 0.25) is 22.7 Å². The summed E-state index contributed by atoms with van der Waals surface area (Å²) in [5, 5.41) is 2.72. The molecule has 1 atom stereocenters. The topological polar surface area (TPSA) is 103 Å². The van der Waals surface area contributed by atoms with E-state index in [0.717, 1.165) is 5.56 Å². The molecule has 3 rings (SSSR count). The molecule has 0 saturated carbocycles. The van der Waals surface area contributed by atoms with Crippen molar-refractivity contribution >= 4 is 15.9 Å². The molecule has 29 heavy (non-hydrogen) atoms. The van der Waals surface area contributed by atoms with Gasteiger partial charge in [0.1, 0.15) is 5.75 Å². The predicted octanol–water partition coefficient (Wildman–Crippen LogP) is 2.11. The summed E-state index contributed by atoms with van der Waals surface area (Å²) in [6, 6.07) is 9.00. The highest BCUT2D eigenvalue weighted by Crippen LogP contribution is 2.32. The first-order valence-corrected chi connectivity index (χ1v) is 10.7.